The molecule has 0 bridgehead atoms. The van der Waals surface area contributed by atoms with Crippen molar-refractivity contribution in [3.63, 3.8) is 0 Å². The molecule has 0 aliphatic carbocycles. The van der Waals surface area contributed by atoms with Gasteiger partial charge in [-0.3, -0.25) is 14.9 Å². The van der Waals surface area contributed by atoms with Crippen molar-refractivity contribution in [2.75, 3.05) is 0 Å². The van der Waals surface area contributed by atoms with E-state index in [-0.39, 0.29) is 16.8 Å². The molecule has 0 aliphatic rings. The number of aryl methyl sites for hydroxylation is 1. The van der Waals surface area contributed by atoms with Crippen LogP contribution >= 0.6 is 0 Å². The first-order chi connectivity index (χ1) is 12.2. The van der Waals surface area contributed by atoms with Crippen LogP contribution in [0.4, 0.5) is 4.39 Å². The second-order valence-electron chi connectivity index (χ2n) is 6.59. The summed E-state index contributed by atoms with van der Waals surface area (Å²) in [7, 11) is 0. The van der Waals surface area contributed by atoms with Crippen LogP contribution < -0.4 is 5.32 Å². The molecule has 0 spiro atoms. The van der Waals surface area contributed by atoms with Crippen LogP contribution in [0.25, 0.3) is 10.9 Å². The van der Waals surface area contributed by atoms with E-state index >= 15 is 0 Å². The molecule has 1 aromatic carbocycles. The van der Waals surface area contributed by atoms with Gasteiger partial charge in [0.15, 0.2) is 5.69 Å². The molecule has 7 nitrogen and oxygen atoms in total. The van der Waals surface area contributed by atoms with E-state index in [2.05, 4.69) is 20.5 Å². The minimum absolute atomic E-state index is 0.138. The number of carbonyl (C=O) groups excluding carboxylic acids is 1. The number of nitrogens with one attached hydrogen (secondary N) is 2. The summed E-state index contributed by atoms with van der Waals surface area (Å²) in [5.41, 5.74) is 0.609. The molecule has 3 N–H and O–H groups in total. The average Bonchev–Trinajstić information content (AvgIpc) is 3.05. The van der Waals surface area contributed by atoms with Crippen molar-refractivity contribution in [1.29, 1.82) is 0 Å². The lowest BCUT2D eigenvalue weighted by atomic mass is 9.99. The summed E-state index contributed by atoms with van der Waals surface area (Å²) >= 11 is 0. The molecule has 0 fully saturated rings. The Morgan fingerprint density at radius 1 is 1.23 bits per heavy atom. The number of H-pyrrole nitrogens is 1. The van der Waals surface area contributed by atoms with Crippen LogP contribution in [0.3, 0.4) is 0 Å². The van der Waals surface area contributed by atoms with Gasteiger partial charge in [0, 0.05) is 11.6 Å². The summed E-state index contributed by atoms with van der Waals surface area (Å²) in [5, 5.41) is 18.6. The van der Waals surface area contributed by atoms with Crippen LogP contribution in [-0.4, -0.2) is 32.2 Å². The zero-order valence-corrected chi connectivity index (χ0v) is 14.4. The molecule has 8 heteroatoms. The largest absolute Gasteiger partial charge is 0.476 e. The highest BCUT2D eigenvalue weighted by Crippen LogP contribution is 2.22. The van der Waals surface area contributed by atoms with Gasteiger partial charge >= 0.3 is 5.97 Å². The summed E-state index contributed by atoms with van der Waals surface area (Å²) in [5.74, 6) is -2.02. The lowest BCUT2D eigenvalue weighted by molar-refractivity contribution is 0.0690. The number of benzene rings is 1. The third-order valence-electron chi connectivity index (χ3n) is 4.04. The topological polar surface area (TPSA) is 108 Å². The highest BCUT2D eigenvalue weighted by atomic mass is 19.1. The Hall–Kier alpha value is -3.29. The number of amides is 1. The number of pyridine rings is 1. The van der Waals surface area contributed by atoms with Gasteiger partial charge in [0.2, 0.25) is 0 Å². The summed E-state index contributed by atoms with van der Waals surface area (Å²) in [6.45, 7) is 5.18. The van der Waals surface area contributed by atoms with E-state index in [1.165, 1.54) is 18.3 Å². The van der Waals surface area contributed by atoms with Crippen molar-refractivity contribution in [3.8, 4) is 0 Å². The van der Waals surface area contributed by atoms with Gasteiger partial charge in [0.1, 0.15) is 11.3 Å². The van der Waals surface area contributed by atoms with E-state index in [1.54, 1.807) is 32.9 Å². The standard InChI is InChI=1S/C18H17FN4O3/c1-9-4-10-6-11(8-20-15(10)12(19)5-9)16(24)21-18(2,3)14-7-13(17(25)26)22-23-14/h4-8H,1-3H3,(H,21,24)(H,22,23)(H,25,26). The normalized spacial score (nSPS) is 11.5. The minimum Gasteiger partial charge on any atom is -0.476 e. The predicted octanol–water partition coefficient (Wildman–Crippen LogP) is 2.77. The van der Waals surface area contributed by atoms with Crippen LogP contribution in [0.15, 0.2) is 30.5 Å². The zero-order chi connectivity index (χ0) is 19.1. The molecule has 3 aromatic rings. The lowest BCUT2D eigenvalue weighted by Gasteiger charge is -2.24. The van der Waals surface area contributed by atoms with Crippen LogP contribution in [0, 0.1) is 12.7 Å². The molecule has 2 aromatic heterocycles. The molecule has 2 heterocycles. The van der Waals surface area contributed by atoms with Crippen LogP contribution in [0.5, 0.6) is 0 Å². The number of nitrogens with zero attached hydrogens (tertiary/aromatic N) is 2. The molecule has 0 saturated carbocycles. The Bertz CT molecular complexity index is 1030. The molecule has 0 unspecified atom stereocenters. The Balaban J connectivity index is 1.88. The number of carboxylic acids is 1. The van der Waals surface area contributed by atoms with Gasteiger partial charge < -0.3 is 10.4 Å². The van der Waals surface area contributed by atoms with E-state index in [9.17, 15) is 14.0 Å². The maximum Gasteiger partial charge on any atom is 0.356 e. The van der Waals surface area contributed by atoms with E-state index < -0.39 is 23.2 Å². The van der Waals surface area contributed by atoms with Gasteiger partial charge in [-0.1, -0.05) is 0 Å². The van der Waals surface area contributed by atoms with E-state index in [4.69, 9.17) is 5.11 Å². The molecular weight excluding hydrogens is 339 g/mol. The molecule has 0 saturated heterocycles. The van der Waals surface area contributed by atoms with Crippen molar-refractivity contribution >= 4 is 22.8 Å². The summed E-state index contributed by atoms with van der Waals surface area (Å²) in [6, 6.07) is 6.07. The van der Waals surface area contributed by atoms with E-state index in [0.717, 1.165) is 5.56 Å². The molecule has 134 valence electrons. The number of carboxylic acid groups (broad SMARTS) is 1. The van der Waals surface area contributed by atoms with Gasteiger partial charge in [0.05, 0.1) is 16.8 Å². The fourth-order valence-corrected chi connectivity index (χ4v) is 2.65. The monoisotopic (exact) mass is 356 g/mol. The first-order valence-corrected chi connectivity index (χ1v) is 7.85. The van der Waals surface area contributed by atoms with Gasteiger partial charge in [-0.2, -0.15) is 5.10 Å². The number of fused-ring (bicyclic) bond motifs is 1. The zero-order valence-electron chi connectivity index (χ0n) is 14.4. The number of aromatic nitrogens is 3. The Kier molecular flexibility index (Phi) is 4.19. The second-order valence-corrected chi connectivity index (χ2v) is 6.59. The predicted molar refractivity (Wildman–Crippen MR) is 92.5 cm³/mol. The van der Waals surface area contributed by atoms with Gasteiger partial charge in [0.25, 0.3) is 5.91 Å². The number of halogens is 1. The first kappa shape index (κ1) is 17.5. The number of carbonyl (C=O) groups is 2. The number of rotatable bonds is 4. The quantitative estimate of drug-likeness (QED) is 0.666. The summed E-state index contributed by atoms with van der Waals surface area (Å²) in [4.78, 5) is 27.6. The molecule has 26 heavy (non-hydrogen) atoms. The smallest absolute Gasteiger partial charge is 0.356 e. The maximum atomic E-state index is 13.9. The van der Waals surface area contributed by atoms with Gasteiger partial charge in [-0.05, 0) is 50.6 Å². The van der Waals surface area contributed by atoms with Crippen LogP contribution in [-0.2, 0) is 5.54 Å². The Morgan fingerprint density at radius 2 is 1.96 bits per heavy atom. The van der Waals surface area contributed by atoms with Crippen molar-refractivity contribution in [3.05, 3.63) is 58.8 Å². The van der Waals surface area contributed by atoms with E-state index in [0.29, 0.717) is 11.1 Å². The van der Waals surface area contributed by atoms with Crippen molar-refractivity contribution in [2.24, 2.45) is 0 Å². The molecular formula is C18H17FN4O3. The second kappa shape index (κ2) is 6.21. The number of hydrogen-bond donors (Lipinski definition) is 3. The minimum atomic E-state index is -1.16. The molecule has 3 rings (SSSR count). The highest BCUT2D eigenvalue weighted by molar-refractivity contribution is 5.97. The van der Waals surface area contributed by atoms with Gasteiger partial charge in [-0.25, -0.2) is 9.18 Å². The summed E-state index contributed by atoms with van der Waals surface area (Å²) in [6.07, 6.45) is 1.31. The molecule has 1 amide bonds. The van der Waals surface area contributed by atoms with Crippen molar-refractivity contribution < 1.29 is 19.1 Å². The molecule has 0 aliphatic heterocycles. The molecule has 0 atom stereocenters. The van der Waals surface area contributed by atoms with E-state index in [1.807, 2.05) is 0 Å². The fourth-order valence-electron chi connectivity index (χ4n) is 2.65. The number of aromatic amines is 1. The fraction of sp³-hybridized carbons (Fsp3) is 0.222. The molecule has 0 radical (unpaired) electrons. The number of hydrogen-bond acceptors (Lipinski definition) is 4. The number of aromatic carboxylic acids is 1. The SMILES string of the molecule is Cc1cc(F)c2ncc(C(=O)NC(C)(C)c3cc(C(=O)O)n[nH]3)cc2c1. The third-order valence-corrected chi connectivity index (χ3v) is 4.04. The first-order valence-electron chi connectivity index (χ1n) is 7.85. The maximum absolute atomic E-state index is 13.9. The lowest BCUT2D eigenvalue weighted by Crippen LogP contribution is -2.41. The van der Waals surface area contributed by atoms with Crippen LogP contribution in [0.1, 0.15) is 46.0 Å². The van der Waals surface area contributed by atoms with Crippen molar-refractivity contribution in [1.82, 2.24) is 20.5 Å². The average molecular weight is 356 g/mol. The summed E-state index contributed by atoms with van der Waals surface area (Å²) < 4.78 is 13.9. The highest BCUT2D eigenvalue weighted by Gasteiger charge is 2.27. The third kappa shape index (κ3) is 3.26. The van der Waals surface area contributed by atoms with Crippen molar-refractivity contribution in [2.45, 2.75) is 26.3 Å². The Labute approximate surface area is 148 Å². The van der Waals surface area contributed by atoms with Crippen LogP contribution in [0.2, 0.25) is 0 Å². The van der Waals surface area contributed by atoms with Gasteiger partial charge in [-0.15, -0.1) is 0 Å². The Morgan fingerprint density at radius 3 is 2.62 bits per heavy atom.